The van der Waals surface area contributed by atoms with Gasteiger partial charge < -0.3 is 4.74 Å². The van der Waals surface area contributed by atoms with Gasteiger partial charge in [-0.3, -0.25) is 0 Å². The van der Waals surface area contributed by atoms with Gasteiger partial charge in [0.2, 0.25) is 10.0 Å². The highest BCUT2D eigenvalue weighted by Gasteiger charge is 2.31. The number of halogens is 3. The summed E-state index contributed by atoms with van der Waals surface area (Å²) in [5.41, 5.74) is 0.806. The molecule has 0 spiro atoms. The second-order valence-electron chi connectivity index (χ2n) is 5.01. The number of nitrogens with one attached hydrogen (secondary N) is 1. The number of benzene rings is 2. The van der Waals surface area contributed by atoms with E-state index in [0.29, 0.717) is 6.42 Å². The molecular weight excluding hydrogens is 343 g/mol. The van der Waals surface area contributed by atoms with Crippen LogP contribution in [0.15, 0.2) is 59.5 Å². The highest BCUT2D eigenvalue weighted by atomic mass is 32.2. The van der Waals surface area contributed by atoms with Crippen molar-refractivity contribution >= 4 is 10.0 Å². The number of sulfonamides is 1. The molecule has 1 atom stereocenters. The van der Waals surface area contributed by atoms with E-state index in [1.165, 1.54) is 0 Å². The monoisotopic (exact) mass is 359 g/mol. The van der Waals surface area contributed by atoms with Crippen molar-refractivity contribution in [3.05, 3.63) is 60.2 Å². The molecule has 0 amide bonds. The van der Waals surface area contributed by atoms with Crippen LogP contribution >= 0.6 is 0 Å². The van der Waals surface area contributed by atoms with E-state index >= 15 is 0 Å². The molecule has 1 unspecified atom stereocenters. The Morgan fingerprint density at radius 3 is 2.12 bits per heavy atom. The zero-order valence-electron chi connectivity index (χ0n) is 12.7. The lowest BCUT2D eigenvalue weighted by atomic mass is 10.1. The van der Waals surface area contributed by atoms with Crippen molar-refractivity contribution in [2.45, 2.75) is 30.6 Å². The second kappa shape index (κ2) is 7.23. The van der Waals surface area contributed by atoms with E-state index in [0.717, 1.165) is 29.8 Å². The van der Waals surface area contributed by atoms with Gasteiger partial charge in [0.05, 0.1) is 4.90 Å². The first kappa shape index (κ1) is 18.3. The Morgan fingerprint density at radius 1 is 1.04 bits per heavy atom. The summed E-state index contributed by atoms with van der Waals surface area (Å²) in [7, 11) is -3.87. The van der Waals surface area contributed by atoms with Crippen molar-refractivity contribution in [3.8, 4) is 5.75 Å². The zero-order chi connectivity index (χ0) is 17.8. The summed E-state index contributed by atoms with van der Waals surface area (Å²) in [4.78, 5) is -0.133. The number of alkyl halides is 3. The fraction of sp³-hybridized carbons (Fsp3) is 0.250. The Hall–Kier alpha value is -2.06. The Morgan fingerprint density at radius 2 is 1.62 bits per heavy atom. The standard InChI is InChI=1S/C16H16F3NO3S/c1-2-15(12-6-4-3-5-7-12)20-24(21,22)14-10-8-13(9-11-14)23-16(17,18)19/h3-11,15,20H,2H2,1H3. The van der Waals surface area contributed by atoms with Gasteiger partial charge >= 0.3 is 6.36 Å². The molecule has 0 aliphatic rings. The van der Waals surface area contributed by atoms with Crippen LogP contribution in [0.5, 0.6) is 5.75 Å². The van der Waals surface area contributed by atoms with Crippen molar-refractivity contribution in [3.63, 3.8) is 0 Å². The molecular formula is C16H16F3NO3S. The molecule has 0 bridgehead atoms. The summed E-state index contributed by atoms with van der Waals surface area (Å²) in [6.45, 7) is 1.83. The lowest BCUT2D eigenvalue weighted by molar-refractivity contribution is -0.274. The second-order valence-corrected chi connectivity index (χ2v) is 6.73. The van der Waals surface area contributed by atoms with Gasteiger partial charge in [-0.15, -0.1) is 13.2 Å². The highest BCUT2D eigenvalue weighted by Crippen LogP contribution is 2.25. The Bertz CT molecular complexity index is 759. The van der Waals surface area contributed by atoms with Gasteiger partial charge in [-0.05, 0) is 36.2 Å². The SMILES string of the molecule is CCC(NS(=O)(=O)c1ccc(OC(F)(F)F)cc1)c1ccccc1. The number of ether oxygens (including phenoxy) is 1. The van der Waals surface area contributed by atoms with Crippen molar-refractivity contribution in [2.24, 2.45) is 0 Å². The Labute approximate surface area is 138 Å². The lowest BCUT2D eigenvalue weighted by Gasteiger charge is -2.17. The zero-order valence-corrected chi connectivity index (χ0v) is 13.6. The number of hydrogen-bond acceptors (Lipinski definition) is 3. The largest absolute Gasteiger partial charge is 0.573 e. The fourth-order valence-corrected chi connectivity index (χ4v) is 3.46. The van der Waals surface area contributed by atoms with Crippen LogP contribution in [-0.4, -0.2) is 14.8 Å². The third-order valence-corrected chi connectivity index (χ3v) is 4.76. The van der Waals surface area contributed by atoms with Gasteiger partial charge in [0.15, 0.2) is 0 Å². The first-order valence-electron chi connectivity index (χ1n) is 7.14. The molecule has 4 nitrogen and oxygen atoms in total. The molecule has 0 aromatic heterocycles. The maximum absolute atomic E-state index is 12.4. The van der Waals surface area contributed by atoms with E-state index in [-0.39, 0.29) is 4.90 Å². The van der Waals surface area contributed by atoms with Crippen LogP contribution in [0.2, 0.25) is 0 Å². The molecule has 2 rings (SSSR count). The van der Waals surface area contributed by atoms with E-state index in [2.05, 4.69) is 9.46 Å². The molecule has 0 fully saturated rings. The Balaban J connectivity index is 2.17. The summed E-state index contributed by atoms with van der Waals surface area (Å²) in [5.74, 6) is -0.475. The molecule has 2 aromatic rings. The van der Waals surface area contributed by atoms with E-state index in [1.807, 2.05) is 13.0 Å². The minimum atomic E-state index is -4.82. The van der Waals surface area contributed by atoms with Crippen LogP contribution in [0, 0.1) is 0 Å². The van der Waals surface area contributed by atoms with Crippen LogP contribution in [0.25, 0.3) is 0 Å². The van der Waals surface area contributed by atoms with Crippen LogP contribution in [0.3, 0.4) is 0 Å². The van der Waals surface area contributed by atoms with Crippen LogP contribution in [0.4, 0.5) is 13.2 Å². The first-order valence-corrected chi connectivity index (χ1v) is 8.62. The van der Waals surface area contributed by atoms with Gasteiger partial charge in [0.1, 0.15) is 5.75 Å². The molecule has 2 aromatic carbocycles. The van der Waals surface area contributed by atoms with Gasteiger partial charge in [-0.1, -0.05) is 37.3 Å². The van der Waals surface area contributed by atoms with Crippen LogP contribution in [-0.2, 0) is 10.0 Å². The molecule has 1 N–H and O–H groups in total. The fourth-order valence-electron chi connectivity index (χ4n) is 2.15. The number of rotatable bonds is 6. The van der Waals surface area contributed by atoms with Gasteiger partial charge in [-0.2, -0.15) is 0 Å². The summed E-state index contributed by atoms with van der Waals surface area (Å²) < 4.78 is 67.5. The van der Waals surface area contributed by atoms with E-state index in [9.17, 15) is 21.6 Å². The summed E-state index contributed by atoms with van der Waals surface area (Å²) >= 11 is 0. The minimum absolute atomic E-state index is 0.133. The van der Waals surface area contributed by atoms with Crippen molar-refractivity contribution in [1.29, 1.82) is 0 Å². The molecule has 24 heavy (non-hydrogen) atoms. The topological polar surface area (TPSA) is 55.4 Å². The smallest absolute Gasteiger partial charge is 0.406 e. The molecule has 0 aliphatic heterocycles. The lowest BCUT2D eigenvalue weighted by Crippen LogP contribution is -2.28. The highest BCUT2D eigenvalue weighted by molar-refractivity contribution is 7.89. The van der Waals surface area contributed by atoms with Crippen molar-refractivity contribution in [1.82, 2.24) is 4.72 Å². The third kappa shape index (κ3) is 4.97. The predicted molar refractivity (Wildman–Crippen MR) is 82.9 cm³/mol. The summed E-state index contributed by atoms with van der Waals surface area (Å²) in [6, 6.07) is 12.7. The molecule has 0 saturated carbocycles. The molecule has 0 saturated heterocycles. The molecule has 0 heterocycles. The maximum Gasteiger partial charge on any atom is 0.573 e. The molecule has 130 valence electrons. The number of hydrogen-bond donors (Lipinski definition) is 1. The first-order chi connectivity index (χ1) is 11.2. The molecule has 0 aliphatic carbocycles. The third-order valence-electron chi connectivity index (χ3n) is 3.28. The summed E-state index contributed by atoms with van der Waals surface area (Å²) in [6.07, 6.45) is -4.29. The van der Waals surface area contributed by atoms with E-state index < -0.39 is 28.2 Å². The average Bonchev–Trinajstić information content (AvgIpc) is 2.52. The van der Waals surface area contributed by atoms with Gasteiger partial charge in [0.25, 0.3) is 0 Å². The molecule has 0 radical (unpaired) electrons. The maximum atomic E-state index is 12.4. The van der Waals surface area contributed by atoms with Crippen LogP contribution in [0.1, 0.15) is 24.9 Å². The average molecular weight is 359 g/mol. The quantitative estimate of drug-likeness (QED) is 0.848. The molecule has 8 heteroatoms. The normalized spacial score (nSPS) is 13.5. The van der Waals surface area contributed by atoms with Crippen molar-refractivity contribution in [2.75, 3.05) is 0 Å². The Kier molecular flexibility index (Phi) is 5.51. The summed E-state index contributed by atoms with van der Waals surface area (Å²) in [5, 5.41) is 0. The van der Waals surface area contributed by atoms with E-state index in [1.54, 1.807) is 24.3 Å². The van der Waals surface area contributed by atoms with Gasteiger partial charge in [0, 0.05) is 6.04 Å². The minimum Gasteiger partial charge on any atom is -0.406 e. The van der Waals surface area contributed by atoms with Crippen LogP contribution < -0.4 is 9.46 Å². The van der Waals surface area contributed by atoms with Crippen molar-refractivity contribution < 1.29 is 26.3 Å². The van der Waals surface area contributed by atoms with Gasteiger partial charge in [-0.25, -0.2) is 13.1 Å². The van der Waals surface area contributed by atoms with E-state index in [4.69, 9.17) is 0 Å². The predicted octanol–water partition coefficient (Wildman–Crippen LogP) is 4.01.